The quantitative estimate of drug-likeness (QED) is 0.807. The Balaban J connectivity index is 2.30. The second-order valence-corrected chi connectivity index (χ2v) is 6.64. The number of ether oxygens (including phenoxy) is 1. The number of hydrogen-bond acceptors (Lipinski definition) is 5. The second kappa shape index (κ2) is 7.72. The number of rotatable bonds is 7. The minimum atomic E-state index is -1.01. The Morgan fingerprint density at radius 1 is 1.31 bits per heavy atom. The summed E-state index contributed by atoms with van der Waals surface area (Å²) in [5.74, 6) is -0.684. The predicted molar refractivity (Wildman–Crippen MR) is 97.3 cm³/mol. The molecule has 0 saturated carbocycles. The Kier molecular flexibility index (Phi) is 5.84. The third kappa shape index (κ3) is 3.79. The lowest BCUT2D eigenvalue weighted by molar-refractivity contribution is -0.145. The van der Waals surface area contributed by atoms with Gasteiger partial charge in [0.25, 0.3) is 0 Å². The van der Waals surface area contributed by atoms with Gasteiger partial charge >= 0.3 is 5.97 Å². The summed E-state index contributed by atoms with van der Waals surface area (Å²) < 4.78 is 7.03. The molecule has 2 heterocycles. The molecule has 26 heavy (non-hydrogen) atoms. The highest BCUT2D eigenvalue weighted by atomic mass is 16.5. The Hall–Kier alpha value is -2.64. The van der Waals surface area contributed by atoms with Gasteiger partial charge in [0.15, 0.2) is 5.65 Å². The van der Waals surface area contributed by atoms with Crippen molar-refractivity contribution in [2.75, 3.05) is 13.7 Å². The molecule has 2 rings (SSSR count). The summed E-state index contributed by atoms with van der Waals surface area (Å²) in [7, 11) is 3.38. The van der Waals surface area contributed by atoms with Crippen LogP contribution < -0.4 is 4.74 Å². The summed E-state index contributed by atoms with van der Waals surface area (Å²) in [5, 5.41) is 14.2. The fourth-order valence-electron chi connectivity index (χ4n) is 3.19. The first-order valence-electron chi connectivity index (χ1n) is 8.55. The van der Waals surface area contributed by atoms with Crippen LogP contribution in [-0.2, 0) is 23.1 Å². The largest absolute Gasteiger partial charge is 0.480 e. The van der Waals surface area contributed by atoms with Gasteiger partial charge in [-0.25, -0.2) is 9.67 Å². The van der Waals surface area contributed by atoms with Crippen molar-refractivity contribution in [3.8, 4) is 5.88 Å². The van der Waals surface area contributed by atoms with Crippen LogP contribution in [0.1, 0.15) is 37.1 Å². The molecule has 0 spiro atoms. The fourth-order valence-corrected chi connectivity index (χ4v) is 3.19. The molecule has 2 aromatic rings. The number of carbonyl (C=O) groups excluding carboxylic acids is 1. The van der Waals surface area contributed by atoms with Crippen LogP contribution in [0.25, 0.3) is 11.0 Å². The van der Waals surface area contributed by atoms with Crippen molar-refractivity contribution in [1.29, 1.82) is 0 Å². The van der Waals surface area contributed by atoms with Gasteiger partial charge in [-0.15, -0.1) is 5.10 Å². The lowest BCUT2D eigenvalue weighted by atomic mass is 9.99. The number of nitrogens with zero attached hydrogens (tertiary/aromatic N) is 4. The van der Waals surface area contributed by atoms with E-state index in [0.29, 0.717) is 12.3 Å². The molecular weight excluding hydrogens is 336 g/mol. The summed E-state index contributed by atoms with van der Waals surface area (Å²) in [5.41, 5.74) is 3.53. The lowest BCUT2D eigenvalue weighted by Crippen LogP contribution is -2.40. The number of carbonyl (C=O) groups is 2. The molecule has 0 unspecified atom stereocenters. The smallest absolute Gasteiger partial charge is 0.323 e. The summed E-state index contributed by atoms with van der Waals surface area (Å²) in [6.07, 6.45) is 0.712. The van der Waals surface area contributed by atoms with E-state index >= 15 is 0 Å². The number of amides is 1. The molecule has 0 atom stereocenters. The monoisotopic (exact) mass is 362 g/mol. The van der Waals surface area contributed by atoms with Gasteiger partial charge in [0.1, 0.15) is 6.54 Å². The third-order valence-corrected chi connectivity index (χ3v) is 4.55. The van der Waals surface area contributed by atoms with Gasteiger partial charge in [-0.1, -0.05) is 0 Å². The molecule has 0 radical (unpaired) electrons. The molecule has 0 bridgehead atoms. The Bertz CT molecular complexity index is 842. The van der Waals surface area contributed by atoms with Crippen molar-refractivity contribution in [2.45, 2.75) is 46.6 Å². The van der Waals surface area contributed by atoms with Crippen LogP contribution in [-0.4, -0.2) is 56.3 Å². The van der Waals surface area contributed by atoms with Gasteiger partial charge in [0.05, 0.1) is 12.5 Å². The predicted octanol–water partition coefficient (Wildman–Crippen LogP) is 1.85. The molecule has 1 N–H and O–H groups in total. The number of carboxylic acid groups (broad SMARTS) is 1. The molecule has 2 aromatic heterocycles. The van der Waals surface area contributed by atoms with Crippen molar-refractivity contribution in [3.63, 3.8) is 0 Å². The van der Waals surface area contributed by atoms with E-state index in [2.05, 4.69) is 10.1 Å². The highest BCUT2D eigenvalue weighted by Crippen LogP contribution is 2.30. The Labute approximate surface area is 152 Å². The van der Waals surface area contributed by atoms with Crippen LogP contribution in [0.4, 0.5) is 0 Å². The second-order valence-electron chi connectivity index (χ2n) is 6.64. The number of fused-ring (bicyclic) bond motifs is 1. The first-order chi connectivity index (χ1) is 12.2. The van der Waals surface area contributed by atoms with E-state index in [-0.39, 0.29) is 24.9 Å². The topological polar surface area (TPSA) is 97.5 Å². The molecule has 1 amide bonds. The van der Waals surface area contributed by atoms with E-state index in [1.807, 2.05) is 34.7 Å². The highest BCUT2D eigenvalue weighted by molar-refractivity contribution is 5.87. The van der Waals surface area contributed by atoms with Gasteiger partial charge in [-0.3, -0.25) is 9.59 Å². The Morgan fingerprint density at radius 3 is 2.50 bits per heavy atom. The van der Waals surface area contributed by atoms with Crippen LogP contribution in [0.2, 0.25) is 0 Å². The zero-order valence-corrected chi connectivity index (χ0v) is 16.2. The average Bonchev–Trinajstić information content (AvgIpc) is 2.88. The van der Waals surface area contributed by atoms with Gasteiger partial charge in [-0.05, 0) is 45.2 Å². The van der Waals surface area contributed by atoms with E-state index in [1.165, 1.54) is 4.90 Å². The molecule has 0 fully saturated rings. The summed E-state index contributed by atoms with van der Waals surface area (Å²) in [6, 6.07) is -0.167. The minimum Gasteiger partial charge on any atom is -0.480 e. The van der Waals surface area contributed by atoms with Crippen molar-refractivity contribution >= 4 is 22.9 Å². The van der Waals surface area contributed by atoms with Crippen LogP contribution in [0.3, 0.4) is 0 Å². The van der Waals surface area contributed by atoms with Gasteiger partial charge < -0.3 is 14.7 Å². The third-order valence-electron chi connectivity index (χ3n) is 4.55. The summed E-state index contributed by atoms with van der Waals surface area (Å²) >= 11 is 0. The zero-order valence-electron chi connectivity index (χ0n) is 16.2. The average molecular weight is 362 g/mol. The molecule has 0 saturated heterocycles. The number of aryl methyl sites for hydroxylation is 3. The number of carboxylic acids is 1. The molecule has 0 aliphatic carbocycles. The minimum absolute atomic E-state index is 0.167. The van der Waals surface area contributed by atoms with Gasteiger partial charge in [0.2, 0.25) is 11.8 Å². The van der Waals surface area contributed by atoms with E-state index in [1.54, 1.807) is 11.8 Å². The molecule has 0 aliphatic rings. The van der Waals surface area contributed by atoms with Crippen LogP contribution >= 0.6 is 0 Å². The van der Waals surface area contributed by atoms with Gasteiger partial charge in [-0.2, -0.15) is 0 Å². The molecule has 0 aromatic carbocycles. The lowest BCUT2D eigenvalue weighted by Gasteiger charge is -2.25. The van der Waals surface area contributed by atoms with Crippen molar-refractivity contribution in [1.82, 2.24) is 19.7 Å². The number of aliphatic carboxylic acids is 1. The van der Waals surface area contributed by atoms with Crippen LogP contribution in [0, 0.1) is 13.8 Å². The first-order valence-corrected chi connectivity index (χ1v) is 8.55. The number of aromatic nitrogens is 3. The normalized spacial score (nSPS) is 11.2. The van der Waals surface area contributed by atoms with Gasteiger partial charge in [0, 0.05) is 25.2 Å². The van der Waals surface area contributed by atoms with Crippen LogP contribution in [0.5, 0.6) is 5.88 Å². The molecule has 0 aliphatic heterocycles. The summed E-state index contributed by atoms with van der Waals surface area (Å²) in [6.45, 7) is 7.21. The van der Waals surface area contributed by atoms with E-state index < -0.39 is 5.97 Å². The maximum atomic E-state index is 12.5. The number of hydrogen-bond donors (Lipinski definition) is 1. The van der Waals surface area contributed by atoms with Crippen molar-refractivity contribution in [3.05, 3.63) is 16.8 Å². The molecule has 8 nitrogen and oxygen atoms in total. The fraction of sp³-hybridized carbons (Fsp3) is 0.556. The molecule has 142 valence electrons. The van der Waals surface area contributed by atoms with E-state index in [9.17, 15) is 9.59 Å². The van der Waals surface area contributed by atoms with Crippen molar-refractivity contribution < 1.29 is 19.4 Å². The summed E-state index contributed by atoms with van der Waals surface area (Å²) in [4.78, 5) is 29.5. The van der Waals surface area contributed by atoms with Crippen molar-refractivity contribution in [2.24, 2.45) is 7.05 Å². The Morgan fingerprint density at radius 2 is 1.96 bits per heavy atom. The SMILES string of the molecule is COc1nn(C)c2nc(C)c(CCC(=O)N(CC(=O)O)C(C)C)c(C)c12. The van der Waals surface area contributed by atoms with E-state index in [0.717, 1.165) is 27.9 Å². The van der Waals surface area contributed by atoms with Crippen LogP contribution in [0.15, 0.2) is 0 Å². The maximum absolute atomic E-state index is 12.5. The first kappa shape index (κ1) is 19.7. The zero-order chi connectivity index (χ0) is 19.6. The molecular formula is C18H26N4O4. The number of methoxy groups -OCH3 is 1. The standard InChI is InChI=1S/C18H26N4O4/c1-10(2)22(9-15(24)25)14(23)8-7-13-11(3)16-17(19-12(13)4)21(5)20-18(16)26-6/h10H,7-9H2,1-6H3,(H,24,25). The van der Waals surface area contributed by atoms with E-state index in [4.69, 9.17) is 9.84 Å². The number of pyridine rings is 1. The highest BCUT2D eigenvalue weighted by Gasteiger charge is 2.22. The molecule has 8 heteroatoms. The maximum Gasteiger partial charge on any atom is 0.323 e.